The predicted molar refractivity (Wildman–Crippen MR) is 122 cm³/mol. The highest BCUT2D eigenvalue weighted by atomic mass is 35.5. The molecule has 1 heterocycles. The minimum atomic E-state index is -0.670. The Morgan fingerprint density at radius 1 is 1.21 bits per heavy atom. The number of carbonyl (C=O) groups excluding carboxylic acids is 2. The van der Waals surface area contributed by atoms with Gasteiger partial charge in [0.15, 0.2) is 0 Å². The van der Waals surface area contributed by atoms with E-state index in [-0.39, 0.29) is 16.5 Å². The monoisotopic (exact) mass is 467 g/mol. The average Bonchev–Trinajstić information content (AvgIpc) is 3.12. The van der Waals surface area contributed by atoms with Crippen molar-refractivity contribution in [1.29, 1.82) is 0 Å². The second-order valence-corrected chi connectivity index (χ2v) is 9.17. The maximum absolute atomic E-state index is 12.7. The molecular formula is C20H19Cl2N3O2S2. The lowest BCUT2D eigenvalue weighted by Gasteiger charge is -2.18. The third-order valence-corrected chi connectivity index (χ3v) is 6.39. The lowest BCUT2D eigenvalue weighted by Crippen LogP contribution is -2.47. The highest BCUT2D eigenvalue weighted by molar-refractivity contribution is 7.98. The van der Waals surface area contributed by atoms with Crippen LogP contribution in [0.15, 0.2) is 42.5 Å². The van der Waals surface area contributed by atoms with E-state index in [1.54, 1.807) is 23.9 Å². The second-order valence-electron chi connectivity index (χ2n) is 6.22. The molecular weight excluding hydrogens is 449 g/mol. The van der Waals surface area contributed by atoms with Crippen molar-refractivity contribution in [2.75, 3.05) is 12.0 Å². The van der Waals surface area contributed by atoms with E-state index in [0.717, 1.165) is 21.0 Å². The van der Waals surface area contributed by atoms with Crippen molar-refractivity contribution in [3.63, 3.8) is 0 Å². The summed E-state index contributed by atoms with van der Waals surface area (Å²) in [5.41, 5.74) is 1.19. The smallest absolute Gasteiger partial charge is 0.253 e. The third kappa shape index (κ3) is 5.85. The number of amides is 2. The number of thioether (sulfide) groups is 1. The first-order valence-electron chi connectivity index (χ1n) is 8.85. The fraction of sp³-hybridized carbons (Fsp3) is 0.250. The number of hydrogen-bond acceptors (Lipinski definition) is 5. The lowest BCUT2D eigenvalue weighted by molar-refractivity contribution is -0.123. The standard InChI is InChI=1S/C20H19Cl2N3O2S2/c1-28-9-8-16(25-19(26)13-7-6-12(21)10-14(13)22)20(27)23-11-18-24-15-4-2-3-5-17(15)29-18/h2-7,10,16H,8-9,11H2,1H3,(H,23,27)(H,25,26). The summed E-state index contributed by atoms with van der Waals surface area (Å²) in [6.45, 7) is 0.311. The molecule has 3 aromatic rings. The highest BCUT2D eigenvalue weighted by Gasteiger charge is 2.22. The van der Waals surface area contributed by atoms with Crippen LogP contribution in [0.25, 0.3) is 10.2 Å². The van der Waals surface area contributed by atoms with Crippen LogP contribution < -0.4 is 10.6 Å². The van der Waals surface area contributed by atoms with Crippen LogP contribution in [0.1, 0.15) is 21.8 Å². The zero-order valence-electron chi connectivity index (χ0n) is 15.6. The molecule has 152 valence electrons. The zero-order chi connectivity index (χ0) is 20.8. The van der Waals surface area contributed by atoms with E-state index in [2.05, 4.69) is 15.6 Å². The summed E-state index contributed by atoms with van der Waals surface area (Å²) in [6.07, 6.45) is 2.46. The summed E-state index contributed by atoms with van der Waals surface area (Å²) in [5, 5.41) is 7.17. The van der Waals surface area contributed by atoms with E-state index in [9.17, 15) is 9.59 Å². The first kappa shape index (κ1) is 21.9. The van der Waals surface area contributed by atoms with E-state index in [1.807, 2.05) is 30.5 Å². The Morgan fingerprint density at radius 2 is 2.00 bits per heavy atom. The summed E-state index contributed by atoms with van der Waals surface area (Å²) >= 11 is 15.1. The minimum absolute atomic E-state index is 0.244. The third-order valence-electron chi connectivity index (χ3n) is 4.16. The first-order chi connectivity index (χ1) is 14.0. The number of benzene rings is 2. The topological polar surface area (TPSA) is 71.1 Å². The second kappa shape index (κ2) is 10.3. The van der Waals surface area contributed by atoms with Crippen LogP contribution in [0, 0.1) is 0 Å². The Balaban J connectivity index is 1.66. The van der Waals surface area contributed by atoms with Crippen LogP contribution >= 0.6 is 46.3 Å². The zero-order valence-corrected chi connectivity index (χ0v) is 18.7. The van der Waals surface area contributed by atoms with Crippen molar-refractivity contribution < 1.29 is 9.59 Å². The molecule has 0 saturated carbocycles. The predicted octanol–water partition coefficient (Wildman–Crippen LogP) is 4.77. The number of halogens is 2. The van der Waals surface area contributed by atoms with Crippen molar-refractivity contribution in [2.24, 2.45) is 0 Å². The number of fused-ring (bicyclic) bond motifs is 1. The number of carbonyl (C=O) groups is 2. The molecule has 29 heavy (non-hydrogen) atoms. The SMILES string of the molecule is CSCCC(NC(=O)c1ccc(Cl)cc1Cl)C(=O)NCc1nc2ccccc2s1. The fourth-order valence-electron chi connectivity index (χ4n) is 2.70. The maximum atomic E-state index is 12.7. The van der Waals surface area contributed by atoms with Gasteiger partial charge in [-0.3, -0.25) is 9.59 Å². The summed E-state index contributed by atoms with van der Waals surface area (Å²) in [7, 11) is 0. The molecule has 3 rings (SSSR count). The molecule has 0 spiro atoms. The number of nitrogens with one attached hydrogen (secondary N) is 2. The lowest BCUT2D eigenvalue weighted by atomic mass is 10.1. The average molecular weight is 468 g/mol. The van der Waals surface area contributed by atoms with E-state index in [4.69, 9.17) is 23.2 Å². The summed E-state index contributed by atoms with van der Waals surface area (Å²) in [5.74, 6) is 0.0677. The van der Waals surface area contributed by atoms with Crippen LogP contribution in [0.2, 0.25) is 10.0 Å². The normalized spacial score (nSPS) is 12.0. The molecule has 2 aromatic carbocycles. The van der Waals surface area contributed by atoms with Crippen molar-refractivity contribution in [3.05, 3.63) is 63.1 Å². The van der Waals surface area contributed by atoms with Crippen LogP contribution in [0.4, 0.5) is 0 Å². The van der Waals surface area contributed by atoms with Crippen molar-refractivity contribution >= 4 is 68.3 Å². The van der Waals surface area contributed by atoms with Crippen LogP contribution in [-0.4, -0.2) is 34.8 Å². The van der Waals surface area contributed by atoms with Crippen molar-refractivity contribution in [1.82, 2.24) is 15.6 Å². The Hall–Kier alpha value is -1.80. The van der Waals surface area contributed by atoms with Crippen LogP contribution in [0.5, 0.6) is 0 Å². The highest BCUT2D eigenvalue weighted by Crippen LogP contribution is 2.22. The molecule has 0 bridgehead atoms. The van der Waals surface area contributed by atoms with E-state index in [0.29, 0.717) is 18.0 Å². The molecule has 1 unspecified atom stereocenters. The number of nitrogens with zero attached hydrogens (tertiary/aromatic N) is 1. The largest absolute Gasteiger partial charge is 0.348 e. The number of thiazole rings is 1. The Morgan fingerprint density at radius 3 is 2.72 bits per heavy atom. The van der Waals surface area contributed by atoms with Gasteiger partial charge in [-0.2, -0.15) is 11.8 Å². The Bertz CT molecular complexity index is 993. The number of hydrogen-bond donors (Lipinski definition) is 2. The van der Waals surface area contributed by atoms with Gasteiger partial charge in [0.1, 0.15) is 11.0 Å². The van der Waals surface area contributed by atoms with Gasteiger partial charge in [0.05, 0.1) is 27.3 Å². The molecule has 0 fully saturated rings. The molecule has 1 atom stereocenters. The van der Waals surface area contributed by atoms with Gasteiger partial charge in [0.2, 0.25) is 5.91 Å². The summed E-state index contributed by atoms with van der Waals surface area (Å²) in [4.78, 5) is 29.9. The van der Waals surface area contributed by atoms with Gasteiger partial charge in [-0.25, -0.2) is 4.98 Å². The van der Waals surface area contributed by atoms with Crippen molar-refractivity contribution in [2.45, 2.75) is 19.0 Å². The van der Waals surface area contributed by atoms with E-state index < -0.39 is 11.9 Å². The van der Waals surface area contributed by atoms with Gasteiger partial charge >= 0.3 is 0 Å². The number of para-hydroxylation sites is 1. The molecule has 1 aromatic heterocycles. The molecule has 9 heteroatoms. The van der Waals surface area contributed by atoms with Gasteiger partial charge < -0.3 is 10.6 Å². The van der Waals surface area contributed by atoms with Crippen LogP contribution in [-0.2, 0) is 11.3 Å². The molecule has 0 radical (unpaired) electrons. The molecule has 0 aliphatic carbocycles. The molecule has 2 amide bonds. The molecule has 2 N–H and O–H groups in total. The Labute approximate surface area is 187 Å². The first-order valence-corrected chi connectivity index (χ1v) is 11.8. The van der Waals surface area contributed by atoms with Gasteiger partial charge in [-0.1, -0.05) is 35.3 Å². The quantitative estimate of drug-likeness (QED) is 0.500. The van der Waals surface area contributed by atoms with E-state index >= 15 is 0 Å². The Kier molecular flexibility index (Phi) is 7.77. The molecule has 0 aliphatic heterocycles. The van der Waals surface area contributed by atoms with Gasteiger partial charge in [0, 0.05) is 5.02 Å². The van der Waals surface area contributed by atoms with Gasteiger partial charge in [0.25, 0.3) is 5.91 Å². The maximum Gasteiger partial charge on any atom is 0.253 e. The number of aromatic nitrogens is 1. The molecule has 5 nitrogen and oxygen atoms in total. The summed E-state index contributed by atoms with van der Waals surface area (Å²) in [6, 6.07) is 11.8. The summed E-state index contributed by atoms with van der Waals surface area (Å²) < 4.78 is 1.07. The van der Waals surface area contributed by atoms with Gasteiger partial charge in [-0.05, 0) is 48.8 Å². The molecule has 0 aliphatic rings. The van der Waals surface area contributed by atoms with E-state index in [1.165, 1.54) is 17.4 Å². The van der Waals surface area contributed by atoms with Crippen LogP contribution in [0.3, 0.4) is 0 Å². The number of rotatable bonds is 8. The minimum Gasteiger partial charge on any atom is -0.348 e. The fourth-order valence-corrected chi connectivity index (χ4v) is 4.57. The molecule has 0 saturated heterocycles. The van der Waals surface area contributed by atoms with Gasteiger partial charge in [-0.15, -0.1) is 11.3 Å². The van der Waals surface area contributed by atoms with Crippen molar-refractivity contribution in [3.8, 4) is 0 Å².